The minimum Gasteiger partial charge on any atom is -0.466 e. The van der Waals surface area contributed by atoms with Crippen LogP contribution in [0.15, 0.2) is 36.0 Å². The van der Waals surface area contributed by atoms with Gasteiger partial charge in [-0.3, -0.25) is 4.79 Å². The van der Waals surface area contributed by atoms with E-state index < -0.39 is 0 Å². The average molecular weight is 206 g/mol. The highest BCUT2D eigenvalue weighted by molar-refractivity contribution is 5.74. The second-order valence-corrected chi connectivity index (χ2v) is 3.86. The summed E-state index contributed by atoms with van der Waals surface area (Å²) in [5.41, 5.74) is 3.28. The van der Waals surface area contributed by atoms with Crippen LogP contribution in [0.5, 0.6) is 0 Å². The molecule has 0 aromatic carbocycles. The van der Waals surface area contributed by atoms with Crippen molar-refractivity contribution in [3.8, 4) is 0 Å². The van der Waals surface area contributed by atoms with Crippen LogP contribution < -0.4 is 0 Å². The lowest BCUT2D eigenvalue weighted by Crippen LogP contribution is -2.22. The predicted octanol–water partition coefficient (Wildman–Crippen LogP) is 3.02. The Morgan fingerprint density at radius 2 is 2.27 bits per heavy atom. The molecule has 0 N–H and O–H groups in total. The van der Waals surface area contributed by atoms with Gasteiger partial charge in [-0.2, -0.15) is 0 Å². The summed E-state index contributed by atoms with van der Waals surface area (Å²) in [5.74, 6) is -0.165. The van der Waals surface area contributed by atoms with E-state index in [0.29, 0.717) is 13.0 Å². The Kier molecular flexibility index (Phi) is 3.89. The molecule has 1 rings (SSSR count). The minimum absolute atomic E-state index is 0.0545. The normalized spacial score (nSPS) is 21.5. The molecule has 0 amide bonds. The van der Waals surface area contributed by atoms with Crippen molar-refractivity contribution in [1.82, 2.24) is 0 Å². The van der Waals surface area contributed by atoms with Gasteiger partial charge in [0.05, 0.1) is 12.5 Å². The van der Waals surface area contributed by atoms with E-state index in [-0.39, 0.29) is 11.9 Å². The van der Waals surface area contributed by atoms with E-state index in [4.69, 9.17) is 4.74 Å². The third kappa shape index (κ3) is 2.58. The van der Waals surface area contributed by atoms with Crippen LogP contribution in [0.4, 0.5) is 0 Å². The highest BCUT2D eigenvalue weighted by atomic mass is 16.5. The molecule has 2 nitrogen and oxygen atoms in total. The molecule has 1 atom stereocenters. The second-order valence-electron chi connectivity index (χ2n) is 3.86. The molecule has 1 unspecified atom stereocenters. The van der Waals surface area contributed by atoms with Gasteiger partial charge >= 0.3 is 5.97 Å². The van der Waals surface area contributed by atoms with E-state index in [2.05, 4.69) is 13.2 Å². The number of esters is 1. The summed E-state index contributed by atoms with van der Waals surface area (Å²) in [5, 5.41) is 0. The first-order valence-corrected chi connectivity index (χ1v) is 5.27. The minimum atomic E-state index is -0.110. The first-order valence-electron chi connectivity index (χ1n) is 5.27. The Balaban J connectivity index is 2.79. The summed E-state index contributed by atoms with van der Waals surface area (Å²) >= 11 is 0. The zero-order chi connectivity index (χ0) is 11.4. The molecule has 0 bridgehead atoms. The third-order valence-corrected chi connectivity index (χ3v) is 2.71. The molecule has 0 aliphatic heterocycles. The Labute approximate surface area is 91.3 Å². The fraction of sp³-hybridized carbons (Fsp3) is 0.462. The maximum Gasteiger partial charge on any atom is 0.309 e. The maximum atomic E-state index is 11.6. The van der Waals surface area contributed by atoms with E-state index in [9.17, 15) is 4.79 Å². The van der Waals surface area contributed by atoms with E-state index in [1.165, 1.54) is 5.57 Å². The fourth-order valence-corrected chi connectivity index (χ4v) is 2.01. The van der Waals surface area contributed by atoms with Crippen molar-refractivity contribution < 1.29 is 9.53 Å². The van der Waals surface area contributed by atoms with Crippen LogP contribution in [-0.2, 0) is 9.53 Å². The molecule has 0 spiro atoms. The predicted molar refractivity (Wildman–Crippen MR) is 61.4 cm³/mol. The quantitative estimate of drug-likeness (QED) is 0.663. The van der Waals surface area contributed by atoms with Crippen molar-refractivity contribution in [2.45, 2.75) is 26.7 Å². The van der Waals surface area contributed by atoms with Gasteiger partial charge in [-0.1, -0.05) is 24.8 Å². The van der Waals surface area contributed by atoms with Crippen LogP contribution in [0.25, 0.3) is 0 Å². The van der Waals surface area contributed by atoms with Gasteiger partial charge in [-0.15, -0.1) is 0 Å². The van der Waals surface area contributed by atoms with Crippen molar-refractivity contribution in [1.29, 1.82) is 0 Å². The Bertz CT molecular complexity index is 323. The molecule has 0 radical (unpaired) electrons. The van der Waals surface area contributed by atoms with E-state index in [1.807, 2.05) is 19.9 Å². The molecule has 0 heterocycles. The van der Waals surface area contributed by atoms with Crippen molar-refractivity contribution in [3.63, 3.8) is 0 Å². The molecule has 2 heteroatoms. The lowest BCUT2D eigenvalue weighted by atomic mass is 9.82. The van der Waals surface area contributed by atoms with Gasteiger partial charge in [-0.25, -0.2) is 0 Å². The molecule has 0 saturated carbocycles. The number of hydrogen-bond donors (Lipinski definition) is 0. The summed E-state index contributed by atoms with van der Waals surface area (Å²) in [7, 11) is 0. The first kappa shape index (κ1) is 11.8. The monoisotopic (exact) mass is 206 g/mol. The Morgan fingerprint density at radius 1 is 1.60 bits per heavy atom. The molecule has 0 aromatic heterocycles. The second kappa shape index (κ2) is 4.96. The number of rotatable bonds is 3. The van der Waals surface area contributed by atoms with Crippen LogP contribution >= 0.6 is 0 Å². The fourth-order valence-electron chi connectivity index (χ4n) is 2.01. The number of ether oxygens (including phenoxy) is 1. The number of carbonyl (C=O) groups is 1. The zero-order valence-corrected chi connectivity index (χ0v) is 9.51. The average Bonchev–Trinajstić information content (AvgIpc) is 2.17. The summed E-state index contributed by atoms with van der Waals surface area (Å²) in [6.07, 6.45) is 3.27. The standard InChI is InChI=1S/C13H18O2/c1-5-12-9(3)7-11(8-10(12)4)13(14)15-6-2/h5,11H,1,3,6-8H2,2,4H3. The molecule has 1 aliphatic carbocycles. The Hall–Kier alpha value is -1.31. The molecule has 15 heavy (non-hydrogen) atoms. The van der Waals surface area contributed by atoms with Gasteiger partial charge in [-0.05, 0) is 37.8 Å². The van der Waals surface area contributed by atoms with Crippen LogP contribution in [0.3, 0.4) is 0 Å². The van der Waals surface area contributed by atoms with Gasteiger partial charge in [0, 0.05) is 0 Å². The van der Waals surface area contributed by atoms with Crippen molar-refractivity contribution >= 4 is 5.97 Å². The molecule has 0 aromatic rings. The number of hydrogen-bond acceptors (Lipinski definition) is 2. The molecular formula is C13H18O2. The molecule has 1 aliphatic rings. The van der Waals surface area contributed by atoms with E-state index in [0.717, 1.165) is 17.6 Å². The summed E-state index contributed by atoms with van der Waals surface area (Å²) in [6, 6.07) is 0. The zero-order valence-electron chi connectivity index (χ0n) is 9.51. The van der Waals surface area contributed by atoms with Crippen LogP contribution in [0, 0.1) is 5.92 Å². The largest absolute Gasteiger partial charge is 0.466 e. The summed E-state index contributed by atoms with van der Waals surface area (Å²) in [6.45, 7) is 12.0. The van der Waals surface area contributed by atoms with E-state index in [1.54, 1.807) is 0 Å². The van der Waals surface area contributed by atoms with Gasteiger partial charge in [0.1, 0.15) is 0 Å². The topological polar surface area (TPSA) is 26.3 Å². The summed E-state index contributed by atoms with van der Waals surface area (Å²) < 4.78 is 5.02. The Morgan fingerprint density at radius 3 is 2.73 bits per heavy atom. The van der Waals surface area contributed by atoms with Gasteiger partial charge < -0.3 is 4.74 Å². The smallest absolute Gasteiger partial charge is 0.309 e. The molecule has 82 valence electrons. The summed E-state index contributed by atoms with van der Waals surface area (Å²) in [4.78, 5) is 11.6. The van der Waals surface area contributed by atoms with Gasteiger partial charge in [0.2, 0.25) is 0 Å². The van der Waals surface area contributed by atoms with Gasteiger partial charge in [0.15, 0.2) is 0 Å². The van der Waals surface area contributed by atoms with Crippen molar-refractivity contribution in [2.24, 2.45) is 5.92 Å². The van der Waals surface area contributed by atoms with E-state index >= 15 is 0 Å². The molecule has 0 saturated heterocycles. The SMILES string of the molecule is C=CC1=C(C)CC(C(=O)OCC)CC1=C. The highest BCUT2D eigenvalue weighted by Crippen LogP contribution is 2.33. The third-order valence-electron chi connectivity index (χ3n) is 2.71. The lowest BCUT2D eigenvalue weighted by molar-refractivity contribution is -0.148. The van der Waals surface area contributed by atoms with Crippen LogP contribution in [0.1, 0.15) is 26.7 Å². The van der Waals surface area contributed by atoms with Crippen molar-refractivity contribution in [2.75, 3.05) is 6.61 Å². The maximum absolute atomic E-state index is 11.6. The lowest BCUT2D eigenvalue weighted by Gasteiger charge is -2.24. The van der Waals surface area contributed by atoms with Gasteiger partial charge in [0.25, 0.3) is 0 Å². The molecule has 0 fully saturated rings. The van der Waals surface area contributed by atoms with Crippen molar-refractivity contribution in [3.05, 3.63) is 36.0 Å². The van der Waals surface area contributed by atoms with Crippen LogP contribution in [-0.4, -0.2) is 12.6 Å². The highest BCUT2D eigenvalue weighted by Gasteiger charge is 2.26. The first-order chi connectivity index (χ1) is 7.10. The van der Waals surface area contributed by atoms with Crippen LogP contribution in [0.2, 0.25) is 0 Å². The molecular weight excluding hydrogens is 188 g/mol. The number of carbonyl (C=O) groups excluding carboxylic acids is 1. The number of allylic oxidation sites excluding steroid dienone is 4.